The summed E-state index contributed by atoms with van der Waals surface area (Å²) in [5, 5.41) is 8.96. The second-order valence-corrected chi connectivity index (χ2v) is 4.55. The molecule has 1 saturated heterocycles. The van der Waals surface area contributed by atoms with E-state index in [1.54, 1.807) is 4.90 Å². The maximum atomic E-state index is 12.2. The van der Waals surface area contributed by atoms with Gasteiger partial charge in [-0.3, -0.25) is 4.79 Å². The first-order valence-electron chi connectivity index (χ1n) is 5.81. The van der Waals surface area contributed by atoms with E-state index in [-0.39, 0.29) is 23.3 Å². The number of hydrogen-bond donors (Lipinski definition) is 1. The molecule has 0 radical (unpaired) electrons. The van der Waals surface area contributed by atoms with Crippen LogP contribution in [0.2, 0.25) is 0 Å². The maximum Gasteiger partial charge on any atom is 0.339 e. The Bertz CT molecular complexity index is 468. The average Bonchev–Trinajstić information content (AvgIpc) is 2.81. The highest BCUT2D eigenvalue weighted by Gasteiger charge is 2.29. The van der Waals surface area contributed by atoms with Gasteiger partial charge in [0.1, 0.15) is 5.56 Å². The molecule has 0 aliphatic carbocycles. The quantitative estimate of drug-likeness (QED) is 0.841. The molecular weight excluding hydrogens is 236 g/mol. The van der Waals surface area contributed by atoms with Crippen molar-refractivity contribution in [3.05, 3.63) is 23.7 Å². The van der Waals surface area contributed by atoms with Crippen molar-refractivity contribution in [1.82, 2.24) is 9.80 Å². The first-order valence-corrected chi connectivity index (χ1v) is 5.81. The van der Waals surface area contributed by atoms with Crippen molar-refractivity contribution in [3.63, 3.8) is 0 Å². The molecule has 98 valence electrons. The van der Waals surface area contributed by atoms with E-state index in [0.29, 0.717) is 13.1 Å². The van der Waals surface area contributed by atoms with Crippen LogP contribution in [0, 0.1) is 0 Å². The summed E-state index contributed by atoms with van der Waals surface area (Å²) in [6, 6.07) is 1.56. The number of nitrogens with zero attached hydrogens (tertiary/aromatic N) is 2. The molecule has 1 aliphatic heterocycles. The smallest absolute Gasteiger partial charge is 0.339 e. The lowest BCUT2D eigenvalue weighted by atomic mass is 10.1. The number of carboxylic acids is 1. The molecule has 0 spiro atoms. The summed E-state index contributed by atoms with van der Waals surface area (Å²) in [5.41, 5.74) is -0.0772. The Kier molecular flexibility index (Phi) is 3.38. The van der Waals surface area contributed by atoms with Crippen LogP contribution in [0.3, 0.4) is 0 Å². The van der Waals surface area contributed by atoms with Gasteiger partial charge in [-0.25, -0.2) is 4.79 Å². The number of carbonyl (C=O) groups is 2. The average molecular weight is 252 g/mol. The summed E-state index contributed by atoms with van der Waals surface area (Å²) in [6.45, 7) is 3.96. The molecular formula is C12H16N2O4. The van der Waals surface area contributed by atoms with Gasteiger partial charge in [-0.15, -0.1) is 0 Å². The van der Waals surface area contributed by atoms with Gasteiger partial charge in [0.25, 0.3) is 5.91 Å². The zero-order valence-electron chi connectivity index (χ0n) is 10.4. The van der Waals surface area contributed by atoms with E-state index in [1.165, 1.54) is 12.3 Å². The van der Waals surface area contributed by atoms with Crippen LogP contribution >= 0.6 is 0 Å². The first kappa shape index (κ1) is 12.6. The number of carbonyl (C=O) groups excluding carboxylic acids is 1. The largest absolute Gasteiger partial charge is 0.478 e. The van der Waals surface area contributed by atoms with Gasteiger partial charge in [0, 0.05) is 25.7 Å². The van der Waals surface area contributed by atoms with Crippen LogP contribution in [0.15, 0.2) is 16.7 Å². The fourth-order valence-electron chi connectivity index (χ4n) is 2.02. The zero-order valence-corrected chi connectivity index (χ0v) is 10.4. The molecule has 1 aromatic heterocycles. The molecule has 18 heavy (non-hydrogen) atoms. The summed E-state index contributed by atoms with van der Waals surface area (Å²) >= 11 is 0. The molecule has 2 heterocycles. The minimum Gasteiger partial charge on any atom is -0.478 e. The molecule has 6 heteroatoms. The minimum absolute atomic E-state index is 0.0772. The van der Waals surface area contributed by atoms with Crippen LogP contribution in [0.5, 0.6) is 0 Å². The number of rotatable bonds is 2. The van der Waals surface area contributed by atoms with E-state index in [4.69, 9.17) is 9.52 Å². The van der Waals surface area contributed by atoms with Crippen molar-refractivity contribution >= 4 is 11.9 Å². The van der Waals surface area contributed by atoms with Crippen LogP contribution in [0.4, 0.5) is 0 Å². The van der Waals surface area contributed by atoms with Crippen molar-refractivity contribution in [3.8, 4) is 0 Å². The standard InChI is InChI=1S/C12H16N2O4/c1-8-7-14(5-4-13(8)2)11(15)10-9(12(16)17)3-6-18-10/h3,6,8H,4-5,7H2,1-2H3,(H,16,17). The number of piperazine rings is 1. The lowest BCUT2D eigenvalue weighted by Gasteiger charge is -2.37. The summed E-state index contributed by atoms with van der Waals surface area (Å²) < 4.78 is 5.02. The van der Waals surface area contributed by atoms with Crippen LogP contribution < -0.4 is 0 Å². The molecule has 6 nitrogen and oxygen atoms in total. The lowest BCUT2D eigenvalue weighted by Crippen LogP contribution is -2.52. The molecule has 2 rings (SSSR count). The Morgan fingerprint density at radius 3 is 2.78 bits per heavy atom. The van der Waals surface area contributed by atoms with Crippen molar-refractivity contribution in [2.75, 3.05) is 26.7 Å². The van der Waals surface area contributed by atoms with Gasteiger partial charge < -0.3 is 19.3 Å². The summed E-state index contributed by atoms with van der Waals surface area (Å²) in [5.74, 6) is -1.58. The van der Waals surface area contributed by atoms with E-state index in [2.05, 4.69) is 4.90 Å². The SMILES string of the molecule is CC1CN(C(=O)c2occc2C(=O)O)CCN1C. The normalized spacial score (nSPS) is 21.0. The van der Waals surface area contributed by atoms with E-state index in [9.17, 15) is 9.59 Å². The number of furan rings is 1. The Morgan fingerprint density at radius 2 is 2.17 bits per heavy atom. The Balaban J connectivity index is 2.16. The highest BCUT2D eigenvalue weighted by Crippen LogP contribution is 2.16. The van der Waals surface area contributed by atoms with Crippen LogP contribution in [-0.4, -0.2) is 59.5 Å². The fourth-order valence-corrected chi connectivity index (χ4v) is 2.02. The fraction of sp³-hybridized carbons (Fsp3) is 0.500. The number of likely N-dealkylation sites (N-methyl/N-ethyl adjacent to an activating group) is 1. The van der Waals surface area contributed by atoms with Gasteiger partial charge in [0.05, 0.1) is 6.26 Å². The number of aromatic carboxylic acids is 1. The molecule has 1 fully saturated rings. The molecule has 1 atom stereocenters. The second kappa shape index (κ2) is 4.81. The molecule has 0 aromatic carbocycles. The number of hydrogen-bond acceptors (Lipinski definition) is 4. The van der Waals surface area contributed by atoms with Crippen molar-refractivity contribution < 1.29 is 19.1 Å². The van der Waals surface area contributed by atoms with Gasteiger partial charge in [-0.1, -0.05) is 0 Å². The van der Waals surface area contributed by atoms with Gasteiger partial charge in [0.2, 0.25) is 5.76 Å². The molecule has 0 saturated carbocycles. The number of carboxylic acid groups (broad SMARTS) is 1. The molecule has 1 unspecified atom stereocenters. The van der Waals surface area contributed by atoms with Gasteiger partial charge in [-0.2, -0.15) is 0 Å². The Hall–Kier alpha value is -1.82. The topological polar surface area (TPSA) is 74.0 Å². The zero-order chi connectivity index (χ0) is 13.3. The van der Waals surface area contributed by atoms with E-state index < -0.39 is 5.97 Å². The monoisotopic (exact) mass is 252 g/mol. The molecule has 0 bridgehead atoms. The lowest BCUT2D eigenvalue weighted by molar-refractivity contribution is 0.0530. The van der Waals surface area contributed by atoms with E-state index >= 15 is 0 Å². The van der Waals surface area contributed by atoms with Crippen LogP contribution in [0.1, 0.15) is 27.8 Å². The highest BCUT2D eigenvalue weighted by molar-refractivity contribution is 6.02. The predicted octanol–water partition coefficient (Wildman–Crippen LogP) is 0.754. The molecule has 1 N–H and O–H groups in total. The molecule has 1 aliphatic rings. The third kappa shape index (κ3) is 2.24. The Morgan fingerprint density at radius 1 is 1.44 bits per heavy atom. The summed E-state index contributed by atoms with van der Waals surface area (Å²) in [4.78, 5) is 26.9. The van der Waals surface area contributed by atoms with Crippen LogP contribution in [0.25, 0.3) is 0 Å². The number of amides is 1. The van der Waals surface area contributed by atoms with Crippen LogP contribution in [-0.2, 0) is 0 Å². The van der Waals surface area contributed by atoms with Gasteiger partial charge >= 0.3 is 5.97 Å². The minimum atomic E-state index is -1.14. The Labute approximate surface area is 105 Å². The van der Waals surface area contributed by atoms with Gasteiger partial charge in [-0.05, 0) is 20.0 Å². The van der Waals surface area contributed by atoms with E-state index in [1.807, 2.05) is 14.0 Å². The molecule has 1 amide bonds. The predicted molar refractivity (Wildman–Crippen MR) is 63.7 cm³/mol. The second-order valence-electron chi connectivity index (χ2n) is 4.55. The third-order valence-electron chi connectivity index (χ3n) is 3.34. The van der Waals surface area contributed by atoms with Crippen molar-refractivity contribution in [2.45, 2.75) is 13.0 Å². The van der Waals surface area contributed by atoms with E-state index in [0.717, 1.165) is 6.54 Å². The molecule has 1 aromatic rings. The van der Waals surface area contributed by atoms with Crippen molar-refractivity contribution in [1.29, 1.82) is 0 Å². The highest BCUT2D eigenvalue weighted by atomic mass is 16.4. The third-order valence-corrected chi connectivity index (χ3v) is 3.34. The first-order chi connectivity index (χ1) is 8.50. The summed E-state index contributed by atoms with van der Waals surface area (Å²) in [6.07, 6.45) is 1.23. The summed E-state index contributed by atoms with van der Waals surface area (Å²) in [7, 11) is 2.00. The van der Waals surface area contributed by atoms with Crippen molar-refractivity contribution in [2.24, 2.45) is 0 Å². The van der Waals surface area contributed by atoms with Gasteiger partial charge in [0.15, 0.2) is 0 Å². The maximum absolute atomic E-state index is 12.2.